The molecule has 0 spiro atoms. The predicted octanol–water partition coefficient (Wildman–Crippen LogP) is 2.32. The van der Waals surface area contributed by atoms with Crippen LogP contribution in [0, 0.1) is 6.92 Å². The number of hydrogen-bond acceptors (Lipinski definition) is 6. The molecule has 1 aromatic carbocycles. The van der Waals surface area contributed by atoms with Crippen molar-refractivity contribution in [3.8, 4) is 5.75 Å². The van der Waals surface area contributed by atoms with E-state index in [0.717, 1.165) is 48.2 Å². The molecule has 1 N–H and O–H groups in total. The van der Waals surface area contributed by atoms with Gasteiger partial charge < -0.3 is 14.7 Å². The number of nitrogens with zero attached hydrogens (tertiary/aromatic N) is 3. The Morgan fingerprint density at radius 3 is 2.74 bits per heavy atom. The zero-order chi connectivity index (χ0) is 16.2. The first-order valence-electron chi connectivity index (χ1n) is 7.87. The lowest BCUT2D eigenvalue weighted by Crippen LogP contribution is -2.47. The van der Waals surface area contributed by atoms with Gasteiger partial charge in [0.2, 0.25) is 0 Å². The minimum Gasteiger partial charge on any atom is -0.496 e. The standard InChI is InChI=1S/C17H23N3O2S/c1-13-3-4-16(22-2)14(11-13)15(21)12-19-6-8-20(9-7-19)17-18-5-10-23-17/h3-5,10-11,15,21H,6-9,12H2,1-2H3. The first kappa shape index (κ1) is 16.2. The van der Waals surface area contributed by atoms with E-state index >= 15 is 0 Å². The summed E-state index contributed by atoms with van der Waals surface area (Å²) in [4.78, 5) is 8.97. The Morgan fingerprint density at radius 2 is 2.09 bits per heavy atom. The molecule has 1 fully saturated rings. The molecule has 1 aliphatic rings. The second-order valence-corrected chi connectivity index (χ2v) is 6.74. The lowest BCUT2D eigenvalue weighted by molar-refractivity contribution is 0.107. The van der Waals surface area contributed by atoms with E-state index in [0.29, 0.717) is 6.54 Å². The number of benzene rings is 1. The lowest BCUT2D eigenvalue weighted by atomic mass is 10.0. The van der Waals surface area contributed by atoms with E-state index in [4.69, 9.17) is 4.74 Å². The highest BCUT2D eigenvalue weighted by Crippen LogP contribution is 2.27. The number of aryl methyl sites for hydroxylation is 1. The minimum atomic E-state index is -0.531. The summed E-state index contributed by atoms with van der Waals surface area (Å²) in [6, 6.07) is 5.94. The Bertz CT molecular complexity index is 625. The molecular formula is C17H23N3O2S. The number of aliphatic hydroxyl groups excluding tert-OH is 1. The van der Waals surface area contributed by atoms with Gasteiger partial charge in [0.15, 0.2) is 5.13 Å². The summed E-state index contributed by atoms with van der Waals surface area (Å²) in [6.45, 7) is 6.43. The molecule has 23 heavy (non-hydrogen) atoms. The van der Waals surface area contributed by atoms with E-state index in [1.54, 1.807) is 18.4 Å². The van der Waals surface area contributed by atoms with E-state index in [2.05, 4.69) is 14.8 Å². The number of thiazole rings is 1. The maximum atomic E-state index is 10.6. The van der Waals surface area contributed by atoms with E-state index in [-0.39, 0.29) is 0 Å². The molecule has 2 aromatic rings. The lowest BCUT2D eigenvalue weighted by Gasteiger charge is -2.35. The fourth-order valence-electron chi connectivity index (χ4n) is 2.95. The number of anilines is 1. The molecule has 0 amide bonds. The molecule has 1 aromatic heterocycles. The van der Waals surface area contributed by atoms with Gasteiger partial charge in [-0.05, 0) is 19.1 Å². The van der Waals surface area contributed by atoms with Crippen molar-refractivity contribution in [1.29, 1.82) is 0 Å². The van der Waals surface area contributed by atoms with E-state index in [1.165, 1.54) is 0 Å². The van der Waals surface area contributed by atoms with Crippen molar-refractivity contribution in [2.24, 2.45) is 0 Å². The summed E-state index contributed by atoms with van der Waals surface area (Å²) in [7, 11) is 1.65. The molecule has 1 unspecified atom stereocenters. The zero-order valence-corrected chi connectivity index (χ0v) is 14.4. The largest absolute Gasteiger partial charge is 0.496 e. The van der Waals surface area contributed by atoms with Crippen LogP contribution in [0.3, 0.4) is 0 Å². The monoisotopic (exact) mass is 333 g/mol. The third kappa shape index (κ3) is 3.83. The summed E-state index contributed by atoms with van der Waals surface area (Å²) < 4.78 is 5.38. The molecule has 1 saturated heterocycles. The van der Waals surface area contributed by atoms with E-state index in [9.17, 15) is 5.11 Å². The second-order valence-electron chi connectivity index (χ2n) is 5.86. The number of piperazine rings is 1. The summed E-state index contributed by atoms with van der Waals surface area (Å²) >= 11 is 1.68. The molecule has 0 bridgehead atoms. The van der Waals surface area contributed by atoms with E-state index in [1.807, 2.05) is 36.7 Å². The van der Waals surface area contributed by atoms with Gasteiger partial charge in [-0.25, -0.2) is 4.98 Å². The maximum absolute atomic E-state index is 10.6. The predicted molar refractivity (Wildman–Crippen MR) is 93.5 cm³/mol. The van der Waals surface area contributed by atoms with Crippen molar-refractivity contribution in [1.82, 2.24) is 9.88 Å². The van der Waals surface area contributed by atoms with Crippen molar-refractivity contribution < 1.29 is 9.84 Å². The van der Waals surface area contributed by atoms with Crippen LogP contribution in [-0.2, 0) is 0 Å². The molecule has 0 aliphatic carbocycles. The van der Waals surface area contributed by atoms with Gasteiger partial charge in [-0.1, -0.05) is 11.6 Å². The Labute approximate surface area is 141 Å². The topological polar surface area (TPSA) is 48.8 Å². The van der Waals surface area contributed by atoms with Gasteiger partial charge in [-0.3, -0.25) is 4.90 Å². The summed E-state index contributed by atoms with van der Waals surface area (Å²) in [5, 5.41) is 13.7. The van der Waals surface area contributed by atoms with Gasteiger partial charge >= 0.3 is 0 Å². The molecule has 0 saturated carbocycles. The van der Waals surface area contributed by atoms with Crippen LogP contribution >= 0.6 is 11.3 Å². The number of ether oxygens (including phenoxy) is 1. The zero-order valence-electron chi connectivity index (χ0n) is 13.6. The van der Waals surface area contributed by atoms with Gasteiger partial charge in [0, 0.05) is 49.9 Å². The van der Waals surface area contributed by atoms with Crippen molar-refractivity contribution in [2.45, 2.75) is 13.0 Å². The molecule has 3 rings (SSSR count). The normalized spacial score (nSPS) is 17.3. The van der Waals surface area contributed by atoms with Crippen molar-refractivity contribution in [2.75, 3.05) is 44.7 Å². The highest BCUT2D eigenvalue weighted by atomic mass is 32.1. The molecule has 1 aliphatic heterocycles. The molecular weight excluding hydrogens is 310 g/mol. The third-order valence-electron chi connectivity index (χ3n) is 4.24. The number of aromatic nitrogens is 1. The Morgan fingerprint density at radius 1 is 1.30 bits per heavy atom. The van der Waals surface area contributed by atoms with Gasteiger partial charge in [-0.2, -0.15) is 0 Å². The minimum absolute atomic E-state index is 0.531. The first-order chi connectivity index (χ1) is 11.2. The van der Waals surface area contributed by atoms with Crippen LogP contribution < -0.4 is 9.64 Å². The molecule has 1 atom stereocenters. The number of β-amino-alcohol motifs (C(OH)–C–C–N with tert-alkyl or cyclic N) is 1. The molecule has 6 heteroatoms. The van der Waals surface area contributed by atoms with Crippen molar-refractivity contribution in [3.05, 3.63) is 40.9 Å². The van der Waals surface area contributed by atoms with Crippen LogP contribution in [0.2, 0.25) is 0 Å². The molecule has 0 radical (unpaired) electrons. The second kappa shape index (κ2) is 7.29. The number of aliphatic hydroxyl groups is 1. The highest BCUT2D eigenvalue weighted by molar-refractivity contribution is 7.13. The first-order valence-corrected chi connectivity index (χ1v) is 8.74. The highest BCUT2D eigenvalue weighted by Gasteiger charge is 2.22. The Balaban J connectivity index is 1.59. The molecule has 124 valence electrons. The molecule has 5 nitrogen and oxygen atoms in total. The summed E-state index contributed by atoms with van der Waals surface area (Å²) in [6.07, 6.45) is 1.32. The Kier molecular flexibility index (Phi) is 5.15. The summed E-state index contributed by atoms with van der Waals surface area (Å²) in [5.74, 6) is 0.754. The number of rotatable bonds is 5. The summed E-state index contributed by atoms with van der Waals surface area (Å²) in [5.41, 5.74) is 2.00. The number of hydrogen-bond donors (Lipinski definition) is 1. The fraction of sp³-hybridized carbons (Fsp3) is 0.471. The van der Waals surface area contributed by atoms with Crippen LogP contribution in [0.15, 0.2) is 29.8 Å². The van der Waals surface area contributed by atoms with Crippen LogP contribution in [0.1, 0.15) is 17.2 Å². The fourth-order valence-corrected chi connectivity index (χ4v) is 3.65. The van der Waals surface area contributed by atoms with Gasteiger partial charge in [0.25, 0.3) is 0 Å². The average Bonchev–Trinajstić information content (AvgIpc) is 3.10. The van der Waals surface area contributed by atoms with Crippen LogP contribution in [-0.4, -0.2) is 54.8 Å². The Hall–Kier alpha value is -1.63. The van der Waals surface area contributed by atoms with E-state index < -0.39 is 6.10 Å². The average molecular weight is 333 g/mol. The van der Waals surface area contributed by atoms with Crippen LogP contribution in [0.25, 0.3) is 0 Å². The SMILES string of the molecule is COc1ccc(C)cc1C(O)CN1CCN(c2nccs2)CC1. The van der Waals surface area contributed by atoms with Gasteiger partial charge in [-0.15, -0.1) is 11.3 Å². The smallest absolute Gasteiger partial charge is 0.185 e. The quantitative estimate of drug-likeness (QED) is 0.910. The van der Waals surface area contributed by atoms with Gasteiger partial charge in [0.1, 0.15) is 5.75 Å². The maximum Gasteiger partial charge on any atom is 0.185 e. The third-order valence-corrected chi connectivity index (χ3v) is 5.07. The molecule has 2 heterocycles. The van der Waals surface area contributed by atoms with Crippen molar-refractivity contribution >= 4 is 16.5 Å². The van der Waals surface area contributed by atoms with Crippen LogP contribution in [0.5, 0.6) is 5.75 Å². The van der Waals surface area contributed by atoms with Gasteiger partial charge in [0.05, 0.1) is 13.2 Å². The van der Waals surface area contributed by atoms with Crippen molar-refractivity contribution in [3.63, 3.8) is 0 Å². The van der Waals surface area contributed by atoms with Crippen LogP contribution in [0.4, 0.5) is 5.13 Å². The number of methoxy groups -OCH3 is 1.